The van der Waals surface area contributed by atoms with Crippen molar-refractivity contribution in [1.29, 1.82) is 0 Å². The molecule has 0 radical (unpaired) electrons. The summed E-state index contributed by atoms with van der Waals surface area (Å²) in [4.78, 5) is 25.6. The van der Waals surface area contributed by atoms with Gasteiger partial charge in [-0.1, -0.05) is 29.8 Å². The number of hydrogen-bond acceptors (Lipinski definition) is 2. The SMILES string of the molecule is Cc1ccc(NC(=O)Cc2ccc3c(c2)CC(=O)N3C)c(C)c1. The Morgan fingerprint density at radius 1 is 1.17 bits per heavy atom. The van der Waals surface area contributed by atoms with Gasteiger partial charge in [-0.15, -0.1) is 0 Å². The summed E-state index contributed by atoms with van der Waals surface area (Å²) in [5, 5.41) is 2.95. The Balaban J connectivity index is 1.71. The van der Waals surface area contributed by atoms with Gasteiger partial charge in [-0.05, 0) is 42.7 Å². The summed E-state index contributed by atoms with van der Waals surface area (Å²) >= 11 is 0. The van der Waals surface area contributed by atoms with Crippen molar-refractivity contribution in [2.24, 2.45) is 0 Å². The van der Waals surface area contributed by atoms with E-state index in [2.05, 4.69) is 5.32 Å². The molecule has 1 aliphatic heterocycles. The number of benzene rings is 2. The number of carbonyl (C=O) groups is 2. The number of nitrogens with zero attached hydrogens (tertiary/aromatic N) is 1. The van der Waals surface area contributed by atoms with Crippen molar-refractivity contribution in [3.8, 4) is 0 Å². The minimum Gasteiger partial charge on any atom is -0.326 e. The van der Waals surface area contributed by atoms with Crippen LogP contribution < -0.4 is 10.2 Å². The average molecular weight is 308 g/mol. The van der Waals surface area contributed by atoms with Gasteiger partial charge in [-0.2, -0.15) is 0 Å². The molecule has 0 aromatic heterocycles. The molecule has 0 unspecified atom stereocenters. The lowest BCUT2D eigenvalue weighted by molar-refractivity contribution is -0.117. The van der Waals surface area contributed by atoms with Crippen LogP contribution >= 0.6 is 0 Å². The topological polar surface area (TPSA) is 49.4 Å². The highest BCUT2D eigenvalue weighted by Gasteiger charge is 2.24. The lowest BCUT2D eigenvalue weighted by Gasteiger charge is -2.11. The average Bonchev–Trinajstić information content (AvgIpc) is 2.77. The molecule has 0 bridgehead atoms. The normalized spacial score (nSPS) is 13.2. The van der Waals surface area contributed by atoms with Gasteiger partial charge in [-0.3, -0.25) is 9.59 Å². The van der Waals surface area contributed by atoms with Crippen LogP contribution in [0.25, 0.3) is 0 Å². The first-order valence-corrected chi connectivity index (χ1v) is 7.69. The highest BCUT2D eigenvalue weighted by molar-refractivity contribution is 6.01. The van der Waals surface area contributed by atoms with E-state index in [1.165, 1.54) is 5.56 Å². The lowest BCUT2D eigenvalue weighted by atomic mass is 10.1. The Morgan fingerprint density at radius 2 is 1.96 bits per heavy atom. The summed E-state index contributed by atoms with van der Waals surface area (Å²) in [5.41, 5.74) is 5.93. The second-order valence-electron chi connectivity index (χ2n) is 6.14. The fourth-order valence-corrected chi connectivity index (χ4v) is 2.97. The number of likely N-dealkylation sites (N-methyl/N-ethyl adjacent to an activating group) is 1. The van der Waals surface area contributed by atoms with Crippen molar-refractivity contribution in [2.75, 3.05) is 17.3 Å². The fourth-order valence-electron chi connectivity index (χ4n) is 2.97. The zero-order valence-electron chi connectivity index (χ0n) is 13.6. The van der Waals surface area contributed by atoms with Gasteiger partial charge in [0.05, 0.1) is 12.8 Å². The summed E-state index contributed by atoms with van der Waals surface area (Å²) in [5.74, 6) is 0.0477. The van der Waals surface area contributed by atoms with Crippen LogP contribution in [0, 0.1) is 13.8 Å². The number of amides is 2. The molecule has 3 rings (SSSR count). The van der Waals surface area contributed by atoms with Crippen LogP contribution in [0.5, 0.6) is 0 Å². The maximum Gasteiger partial charge on any atom is 0.231 e. The van der Waals surface area contributed by atoms with E-state index in [1.54, 1.807) is 11.9 Å². The molecule has 4 heteroatoms. The van der Waals surface area contributed by atoms with Crippen molar-refractivity contribution in [2.45, 2.75) is 26.7 Å². The molecule has 4 nitrogen and oxygen atoms in total. The lowest BCUT2D eigenvalue weighted by Crippen LogP contribution is -2.20. The van der Waals surface area contributed by atoms with Crippen LogP contribution in [-0.4, -0.2) is 18.9 Å². The first-order chi connectivity index (χ1) is 10.9. The third-order valence-corrected chi connectivity index (χ3v) is 4.24. The Labute approximate surface area is 136 Å². The number of rotatable bonds is 3. The van der Waals surface area contributed by atoms with Crippen LogP contribution in [0.3, 0.4) is 0 Å². The van der Waals surface area contributed by atoms with E-state index < -0.39 is 0 Å². The van der Waals surface area contributed by atoms with Crippen LogP contribution in [0.1, 0.15) is 22.3 Å². The second-order valence-corrected chi connectivity index (χ2v) is 6.14. The summed E-state index contributed by atoms with van der Waals surface area (Å²) < 4.78 is 0. The second kappa shape index (κ2) is 5.88. The highest BCUT2D eigenvalue weighted by Crippen LogP contribution is 2.28. The molecule has 2 aromatic carbocycles. The van der Waals surface area contributed by atoms with E-state index in [0.29, 0.717) is 12.8 Å². The molecule has 0 spiro atoms. The van der Waals surface area contributed by atoms with Crippen LogP contribution in [0.15, 0.2) is 36.4 Å². The van der Waals surface area contributed by atoms with Gasteiger partial charge in [0.25, 0.3) is 0 Å². The number of anilines is 2. The van der Waals surface area contributed by atoms with Crippen molar-refractivity contribution in [1.82, 2.24) is 0 Å². The molecule has 1 heterocycles. The van der Waals surface area contributed by atoms with Gasteiger partial charge >= 0.3 is 0 Å². The Morgan fingerprint density at radius 3 is 2.70 bits per heavy atom. The number of carbonyl (C=O) groups excluding carboxylic acids is 2. The summed E-state index contributed by atoms with van der Waals surface area (Å²) in [6.07, 6.45) is 0.719. The Kier molecular flexibility index (Phi) is 3.90. The summed E-state index contributed by atoms with van der Waals surface area (Å²) in [7, 11) is 1.78. The van der Waals surface area contributed by atoms with Gasteiger partial charge in [0.2, 0.25) is 11.8 Å². The molecular formula is C19H20N2O2. The van der Waals surface area contributed by atoms with E-state index >= 15 is 0 Å². The summed E-state index contributed by atoms with van der Waals surface area (Å²) in [6, 6.07) is 11.7. The van der Waals surface area contributed by atoms with E-state index in [1.807, 2.05) is 50.2 Å². The third-order valence-electron chi connectivity index (χ3n) is 4.24. The monoisotopic (exact) mass is 308 g/mol. The molecule has 0 atom stereocenters. The largest absolute Gasteiger partial charge is 0.326 e. The molecule has 2 aromatic rings. The van der Waals surface area contributed by atoms with Gasteiger partial charge in [0.15, 0.2) is 0 Å². The standard InChI is InChI=1S/C19H20N2O2/c1-12-4-6-16(13(2)8-12)20-18(22)10-14-5-7-17-15(9-14)11-19(23)21(17)3/h4-9H,10-11H2,1-3H3,(H,20,22). The van der Waals surface area contributed by atoms with Gasteiger partial charge < -0.3 is 10.2 Å². The summed E-state index contributed by atoms with van der Waals surface area (Å²) in [6.45, 7) is 4.01. The fraction of sp³-hybridized carbons (Fsp3) is 0.263. The Hall–Kier alpha value is -2.62. The Bertz CT molecular complexity index is 796. The third kappa shape index (κ3) is 3.11. The predicted molar refractivity (Wildman–Crippen MR) is 91.8 cm³/mol. The van der Waals surface area contributed by atoms with E-state index in [9.17, 15) is 9.59 Å². The minimum atomic E-state index is -0.0467. The van der Waals surface area contributed by atoms with Crippen LogP contribution in [-0.2, 0) is 22.4 Å². The molecule has 2 amide bonds. The molecule has 1 aliphatic rings. The maximum atomic E-state index is 12.3. The highest BCUT2D eigenvalue weighted by atomic mass is 16.2. The van der Waals surface area contributed by atoms with E-state index in [-0.39, 0.29) is 11.8 Å². The molecule has 0 aliphatic carbocycles. The molecule has 1 N–H and O–H groups in total. The molecule has 23 heavy (non-hydrogen) atoms. The smallest absolute Gasteiger partial charge is 0.231 e. The molecule has 0 fully saturated rings. The zero-order chi connectivity index (χ0) is 16.6. The predicted octanol–water partition coefficient (Wildman–Crippen LogP) is 3.00. The maximum absolute atomic E-state index is 12.3. The quantitative estimate of drug-likeness (QED) is 0.947. The van der Waals surface area contributed by atoms with Crippen molar-refractivity contribution in [3.63, 3.8) is 0 Å². The van der Waals surface area contributed by atoms with Crippen molar-refractivity contribution >= 4 is 23.2 Å². The number of nitrogens with one attached hydrogen (secondary N) is 1. The van der Waals surface area contributed by atoms with Gasteiger partial charge in [0, 0.05) is 18.4 Å². The zero-order valence-corrected chi connectivity index (χ0v) is 13.6. The number of fused-ring (bicyclic) bond motifs is 1. The first kappa shape index (κ1) is 15.3. The van der Waals surface area contributed by atoms with Crippen LogP contribution in [0.4, 0.5) is 11.4 Å². The molecule has 118 valence electrons. The molecular weight excluding hydrogens is 288 g/mol. The van der Waals surface area contributed by atoms with E-state index in [4.69, 9.17) is 0 Å². The number of aryl methyl sites for hydroxylation is 2. The minimum absolute atomic E-state index is 0.0467. The van der Waals surface area contributed by atoms with E-state index in [0.717, 1.165) is 28.1 Å². The van der Waals surface area contributed by atoms with Crippen molar-refractivity contribution in [3.05, 3.63) is 58.7 Å². The van der Waals surface area contributed by atoms with Crippen molar-refractivity contribution < 1.29 is 9.59 Å². The molecule has 0 saturated carbocycles. The first-order valence-electron chi connectivity index (χ1n) is 7.69. The van der Waals surface area contributed by atoms with Crippen LogP contribution in [0.2, 0.25) is 0 Å². The number of hydrogen-bond donors (Lipinski definition) is 1. The van der Waals surface area contributed by atoms with Gasteiger partial charge in [0.1, 0.15) is 0 Å². The van der Waals surface area contributed by atoms with Gasteiger partial charge in [-0.25, -0.2) is 0 Å². The molecule has 0 saturated heterocycles.